The molecule has 0 saturated heterocycles. The summed E-state index contributed by atoms with van der Waals surface area (Å²) in [6.07, 6.45) is 0. The van der Waals surface area contributed by atoms with E-state index < -0.39 is 0 Å². The normalized spacial score (nSPS) is 11.8. The van der Waals surface area contributed by atoms with Gasteiger partial charge in [0.2, 0.25) is 5.91 Å². The summed E-state index contributed by atoms with van der Waals surface area (Å²) in [5.74, 6) is 1.66. The van der Waals surface area contributed by atoms with Gasteiger partial charge in [0, 0.05) is 12.3 Å². The predicted molar refractivity (Wildman–Crippen MR) is 121 cm³/mol. The van der Waals surface area contributed by atoms with Gasteiger partial charge in [-0.2, -0.15) is 0 Å². The van der Waals surface area contributed by atoms with Crippen LogP contribution >= 0.6 is 34.9 Å². The Labute approximate surface area is 183 Å². The van der Waals surface area contributed by atoms with Crippen molar-refractivity contribution < 1.29 is 9.53 Å². The number of hydrogen-bond acceptors (Lipinski definition) is 7. The molecular weight excluding hydrogens is 422 g/mol. The number of aromatic nitrogens is 2. The molecular formula is C21H23N3O2S3. The lowest BCUT2D eigenvalue weighted by molar-refractivity contribution is -0.120. The summed E-state index contributed by atoms with van der Waals surface area (Å²) < 4.78 is 6.88. The van der Waals surface area contributed by atoms with Gasteiger partial charge in [0.1, 0.15) is 5.75 Å². The topological polar surface area (TPSA) is 64.1 Å². The van der Waals surface area contributed by atoms with Crippen LogP contribution in [0.5, 0.6) is 5.75 Å². The average molecular weight is 446 g/mol. The zero-order valence-electron chi connectivity index (χ0n) is 16.5. The van der Waals surface area contributed by atoms with Gasteiger partial charge in [0.05, 0.1) is 12.4 Å². The van der Waals surface area contributed by atoms with Crippen LogP contribution in [0.1, 0.15) is 23.6 Å². The van der Waals surface area contributed by atoms with E-state index in [-0.39, 0.29) is 11.2 Å². The highest BCUT2D eigenvalue weighted by Gasteiger charge is 2.17. The fourth-order valence-electron chi connectivity index (χ4n) is 2.41. The minimum atomic E-state index is -0.229. The number of thioether (sulfide) groups is 2. The monoisotopic (exact) mass is 445 g/mol. The molecule has 1 N–H and O–H groups in total. The zero-order chi connectivity index (χ0) is 20.6. The maximum absolute atomic E-state index is 12.4. The quantitative estimate of drug-likeness (QED) is 0.471. The number of nitrogens with zero attached hydrogens (tertiary/aromatic N) is 2. The molecule has 1 amide bonds. The summed E-state index contributed by atoms with van der Waals surface area (Å²) in [6.45, 7) is 4.47. The maximum Gasteiger partial charge on any atom is 0.233 e. The summed E-state index contributed by atoms with van der Waals surface area (Å²) in [6, 6.07) is 16.2. The number of nitrogens with one attached hydrogen (secondary N) is 1. The van der Waals surface area contributed by atoms with E-state index in [1.165, 1.54) is 34.2 Å². The van der Waals surface area contributed by atoms with Crippen LogP contribution in [0.25, 0.3) is 0 Å². The first-order valence-corrected chi connectivity index (χ1v) is 11.8. The van der Waals surface area contributed by atoms with E-state index in [1.807, 2.05) is 62.4 Å². The lowest BCUT2D eigenvalue weighted by Gasteiger charge is -2.10. The Morgan fingerprint density at radius 3 is 2.41 bits per heavy atom. The lowest BCUT2D eigenvalue weighted by atomic mass is 10.1. The molecule has 152 valence electrons. The third-order valence-corrected chi connectivity index (χ3v) is 7.46. The van der Waals surface area contributed by atoms with Crippen LogP contribution in [0.15, 0.2) is 57.2 Å². The first-order chi connectivity index (χ1) is 14.0. The smallest absolute Gasteiger partial charge is 0.233 e. The number of ether oxygens (including phenoxy) is 1. The van der Waals surface area contributed by atoms with Gasteiger partial charge in [-0.25, -0.2) is 0 Å². The Morgan fingerprint density at radius 1 is 1.07 bits per heavy atom. The largest absolute Gasteiger partial charge is 0.497 e. The number of carbonyl (C=O) groups excluding carboxylic acids is 1. The molecule has 0 aliphatic heterocycles. The van der Waals surface area contributed by atoms with Gasteiger partial charge in [-0.15, -0.1) is 10.2 Å². The molecule has 0 radical (unpaired) electrons. The number of amides is 1. The molecule has 1 aromatic heterocycles. The van der Waals surface area contributed by atoms with Crippen LogP contribution in [-0.4, -0.2) is 28.5 Å². The van der Waals surface area contributed by atoms with E-state index >= 15 is 0 Å². The first-order valence-electron chi connectivity index (χ1n) is 9.12. The number of carbonyl (C=O) groups is 1. The second kappa shape index (κ2) is 10.7. The number of methoxy groups -OCH3 is 1. The van der Waals surface area contributed by atoms with E-state index in [1.54, 1.807) is 18.9 Å². The summed E-state index contributed by atoms with van der Waals surface area (Å²) in [5, 5.41) is 11.2. The van der Waals surface area contributed by atoms with E-state index in [9.17, 15) is 4.79 Å². The molecule has 0 bridgehead atoms. The summed E-state index contributed by atoms with van der Waals surface area (Å²) in [4.78, 5) is 12.4. The van der Waals surface area contributed by atoms with Crippen molar-refractivity contribution in [1.82, 2.24) is 15.5 Å². The second-order valence-corrected chi connectivity index (χ2v) is 10.2. The van der Waals surface area contributed by atoms with E-state index in [4.69, 9.17) is 4.74 Å². The molecule has 29 heavy (non-hydrogen) atoms. The minimum absolute atomic E-state index is 0.00166. The van der Waals surface area contributed by atoms with Gasteiger partial charge >= 0.3 is 0 Å². The molecule has 3 rings (SSSR count). The van der Waals surface area contributed by atoms with E-state index in [2.05, 4.69) is 15.5 Å². The molecule has 0 spiro atoms. The molecule has 1 unspecified atom stereocenters. The van der Waals surface area contributed by atoms with Crippen molar-refractivity contribution in [2.24, 2.45) is 0 Å². The minimum Gasteiger partial charge on any atom is -0.497 e. The van der Waals surface area contributed by atoms with Crippen LogP contribution in [0, 0.1) is 6.92 Å². The third-order valence-electron chi connectivity index (χ3n) is 4.14. The fraction of sp³-hybridized carbons (Fsp3) is 0.286. The second-order valence-electron chi connectivity index (χ2n) is 6.43. The molecule has 0 fully saturated rings. The third kappa shape index (κ3) is 6.76. The SMILES string of the molecule is COc1ccc(CSc2nnc(SC(C)C(=O)NCc3ccc(C)cc3)s2)cc1. The van der Waals surface area contributed by atoms with Crippen LogP contribution in [0.2, 0.25) is 0 Å². The van der Waals surface area contributed by atoms with Crippen molar-refractivity contribution in [2.75, 3.05) is 7.11 Å². The highest BCUT2D eigenvalue weighted by Crippen LogP contribution is 2.32. The molecule has 5 nitrogen and oxygen atoms in total. The molecule has 0 aliphatic rings. The summed E-state index contributed by atoms with van der Waals surface area (Å²) in [5.41, 5.74) is 3.50. The molecule has 0 saturated carbocycles. The highest BCUT2D eigenvalue weighted by atomic mass is 32.2. The molecule has 1 atom stereocenters. The summed E-state index contributed by atoms with van der Waals surface area (Å²) >= 11 is 4.60. The molecule has 0 aliphatic carbocycles. The van der Waals surface area contributed by atoms with E-state index in [0.29, 0.717) is 6.54 Å². The average Bonchev–Trinajstić information content (AvgIpc) is 3.19. The van der Waals surface area contributed by atoms with Crippen molar-refractivity contribution in [3.8, 4) is 5.75 Å². The number of aryl methyl sites for hydroxylation is 1. The van der Waals surface area contributed by atoms with Gasteiger partial charge in [0.15, 0.2) is 8.68 Å². The Balaban J connectivity index is 1.45. The molecule has 3 aromatic rings. The standard InChI is InChI=1S/C21H23N3O2S3/c1-14-4-6-16(7-5-14)12-22-19(25)15(2)28-21-24-23-20(29-21)27-13-17-8-10-18(26-3)11-9-17/h4-11,15H,12-13H2,1-3H3,(H,22,25). The van der Waals surface area contributed by atoms with Crippen LogP contribution in [0.3, 0.4) is 0 Å². The fourth-order valence-corrected chi connectivity index (χ4v) is 5.56. The number of hydrogen-bond donors (Lipinski definition) is 1. The zero-order valence-corrected chi connectivity index (χ0v) is 19.0. The van der Waals surface area contributed by atoms with Crippen molar-refractivity contribution >= 4 is 40.8 Å². The highest BCUT2D eigenvalue weighted by molar-refractivity contribution is 8.03. The summed E-state index contributed by atoms with van der Waals surface area (Å²) in [7, 11) is 1.66. The Hall–Kier alpha value is -2.03. The maximum atomic E-state index is 12.4. The van der Waals surface area contributed by atoms with Crippen LogP contribution in [0.4, 0.5) is 0 Å². The van der Waals surface area contributed by atoms with Crippen LogP contribution in [-0.2, 0) is 17.1 Å². The van der Waals surface area contributed by atoms with Crippen LogP contribution < -0.4 is 10.1 Å². The van der Waals surface area contributed by atoms with Gasteiger partial charge in [-0.3, -0.25) is 4.79 Å². The molecule has 8 heteroatoms. The Kier molecular flexibility index (Phi) is 7.97. The Morgan fingerprint density at radius 2 is 1.72 bits per heavy atom. The number of rotatable bonds is 9. The number of benzene rings is 2. The van der Waals surface area contributed by atoms with Gasteiger partial charge in [-0.05, 0) is 37.1 Å². The van der Waals surface area contributed by atoms with Crippen molar-refractivity contribution in [1.29, 1.82) is 0 Å². The van der Waals surface area contributed by atoms with Gasteiger partial charge < -0.3 is 10.1 Å². The van der Waals surface area contributed by atoms with Crippen molar-refractivity contribution in [2.45, 2.75) is 40.1 Å². The predicted octanol–water partition coefficient (Wildman–Crippen LogP) is 4.94. The van der Waals surface area contributed by atoms with Gasteiger partial charge in [-0.1, -0.05) is 76.8 Å². The van der Waals surface area contributed by atoms with Crippen molar-refractivity contribution in [3.05, 3.63) is 65.2 Å². The van der Waals surface area contributed by atoms with E-state index in [0.717, 1.165) is 25.7 Å². The molecule has 2 aromatic carbocycles. The molecule has 1 heterocycles. The lowest BCUT2D eigenvalue weighted by Crippen LogP contribution is -2.30. The Bertz CT molecular complexity index is 927. The first kappa shape index (κ1) is 21.7. The van der Waals surface area contributed by atoms with Crippen molar-refractivity contribution in [3.63, 3.8) is 0 Å². The van der Waals surface area contributed by atoms with Gasteiger partial charge in [0.25, 0.3) is 0 Å².